The molecule has 0 bridgehead atoms. The molecule has 0 spiro atoms. The molecule has 0 aliphatic carbocycles. The van der Waals surface area contributed by atoms with Gasteiger partial charge in [0.25, 0.3) is 0 Å². The van der Waals surface area contributed by atoms with Crippen molar-refractivity contribution >= 4 is 37.7 Å². The molecule has 1 rings (SSSR count). The van der Waals surface area contributed by atoms with E-state index in [1.165, 1.54) is 23.9 Å². The molecule has 0 saturated carbocycles. The zero-order valence-corrected chi connectivity index (χ0v) is 13.1. The molecule has 5 N–H and O–H groups in total. The van der Waals surface area contributed by atoms with E-state index in [9.17, 15) is 24.1 Å². The number of rotatable bonds is 6. The highest BCUT2D eigenvalue weighted by atomic mass is 32.5. The van der Waals surface area contributed by atoms with Crippen LogP contribution in [0, 0.1) is 0 Å². The molecular formula is C9H14O6P2S2. The van der Waals surface area contributed by atoms with Gasteiger partial charge in [-0.05, 0) is 29.5 Å². The van der Waals surface area contributed by atoms with Gasteiger partial charge in [-0.3, -0.25) is 4.57 Å². The number of thioether (sulfide) groups is 1. The van der Waals surface area contributed by atoms with E-state index >= 15 is 0 Å². The Morgan fingerprint density at radius 3 is 2.05 bits per heavy atom. The average Bonchev–Trinajstić information content (AvgIpc) is 2.24. The molecule has 19 heavy (non-hydrogen) atoms. The fraction of sp³-hybridized carbons (Fsp3) is 0.333. The standard InChI is InChI=1S/C9H14O6P2S2/c10-5-6-19-8-3-1-7(2-4-8)9(16(11,12)13)17(14,15)18/h1-4,9-10H,5-6H2,(H2,11,12,13)(H2,14,15,18). The molecule has 1 aromatic rings. The lowest BCUT2D eigenvalue weighted by Gasteiger charge is -2.22. The smallest absolute Gasteiger partial charge is 0.342 e. The first-order chi connectivity index (χ1) is 8.66. The van der Waals surface area contributed by atoms with Crippen LogP contribution in [0.2, 0.25) is 0 Å². The summed E-state index contributed by atoms with van der Waals surface area (Å²) in [5.74, 6) is 0.499. The maximum atomic E-state index is 11.3. The predicted molar refractivity (Wildman–Crippen MR) is 77.8 cm³/mol. The van der Waals surface area contributed by atoms with Gasteiger partial charge in [0.2, 0.25) is 6.49 Å². The summed E-state index contributed by atoms with van der Waals surface area (Å²) in [6.07, 6.45) is 0. The van der Waals surface area contributed by atoms with Crippen molar-refractivity contribution in [3.05, 3.63) is 29.8 Å². The van der Waals surface area contributed by atoms with Crippen LogP contribution < -0.4 is 0 Å². The molecule has 1 aromatic carbocycles. The van der Waals surface area contributed by atoms with Gasteiger partial charge in [0.15, 0.2) is 5.40 Å². The molecule has 0 aliphatic rings. The monoisotopic (exact) mass is 344 g/mol. The summed E-state index contributed by atoms with van der Waals surface area (Å²) in [4.78, 5) is 38.0. The minimum absolute atomic E-state index is 0.0195. The number of aliphatic hydroxyl groups excluding tert-OH is 1. The molecule has 6 nitrogen and oxygen atoms in total. The zero-order chi connectivity index (χ0) is 14.7. The minimum Gasteiger partial charge on any atom is -0.396 e. The molecule has 0 amide bonds. The van der Waals surface area contributed by atoms with Crippen molar-refractivity contribution in [1.29, 1.82) is 0 Å². The first kappa shape index (κ1) is 17.3. The van der Waals surface area contributed by atoms with Gasteiger partial charge in [-0.1, -0.05) is 12.1 Å². The fourth-order valence-electron chi connectivity index (χ4n) is 1.48. The Balaban J connectivity index is 3.06. The van der Waals surface area contributed by atoms with Crippen LogP contribution in [0.5, 0.6) is 0 Å². The number of hydrogen-bond acceptors (Lipinski definition) is 4. The SMILES string of the molecule is O=P(O)(O)C(c1ccc(SCCO)cc1)P(O)(O)=S. The van der Waals surface area contributed by atoms with E-state index in [-0.39, 0.29) is 12.2 Å². The number of aliphatic hydroxyl groups is 1. The molecule has 0 aromatic heterocycles. The Hall–Kier alpha value is 0.250. The zero-order valence-electron chi connectivity index (χ0n) is 9.66. The van der Waals surface area contributed by atoms with E-state index in [4.69, 9.17) is 5.11 Å². The van der Waals surface area contributed by atoms with Crippen LogP contribution in [0.4, 0.5) is 0 Å². The summed E-state index contributed by atoms with van der Waals surface area (Å²) in [6, 6.07) is 5.97. The molecule has 0 aliphatic heterocycles. The topological polar surface area (TPSA) is 118 Å². The van der Waals surface area contributed by atoms with Gasteiger partial charge in [-0.2, -0.15) is 0 Å². The van der Waals surface area contributed by atoms with E-state index in [1.54, 1.807) is 12.1 Å². The molecule has 1 atom stereocenters. The summed E-state index contributed by atoms with van der Waals surface area (Å²) >= 11 is 5.80. The third-order valence-electron chi connectivity index (χ3n) is 2.18. The van der Waals surface area contributed by atoms with E-state index in [2.05, 4.69) is 11.8 Å². The van der Waals surface area contributed by atoms with Crippen molar-refractivity contribution in [2.75, 3.05) is 12.4 Å². The van der Waals surface area contributed by atoms with Gasteiger partial charge in [-0.25, -0.2) is 0 Å². The Morgan fingerprint density at radius 2 is 1.68 bits per heavy atom. The second-order valence-electron chi connectivity index (χ2n) is 3.69. The molecule has 0 fully saturated rings. The summed E-state index contributed by atoms with van der Waals surface area (Å²) in [6.45, 7) is -4.11. The molecule has 1 unspecified atom stereocenters. The van der Waals surface area contributed by atoms with Crippen LogP contribution in [0.25, 0.3) is 0 Å². The first-order valence-corrected chi connectivity index (χ1v) is 10.5. The third kappa shape index (κ3) is 5.27. The Morgan fingerprint density at radius 1 is 1.16 bits per heavy atom. The molecule has 0 heterocycles. The normalized spacial score (nSPS) is 14.4. The summed E-state index contributed by atoms with van der Waals surface area (Å²) in [7, 11) is -4.76. The lowest BCUT2D eigenvalue weighted by atomic mass is 10.2. The maximum absolute atomic E-state index is 11.3. The summed E-state index contributed by atoms with van der Waals surface area (Å²) < 4.78 is 11.3. The van der Waals surface area contributed by atoms with Gasteiger partial charge < -0.3 is 24.7 Å². The number of hydrogen-bond donors (Lipinski definition) is 5. The molecule has 0 saturated heterocycles. The maximum Gasteiger partial charge on any atom is 0.342 e. The lowest BCUT2D eigenvalue weighted by Crippen LogP contribution is -2.01. The molecule has 0 radical (unpaired) electrons. The van der Waals surface area contributed by atoms with Crippen LogP contribution in [0.15, 0.2) is 29.2 Å². The van der Waals surface area contributed by atoms with Crippen LogP contribution in [0.3, 0.4) is 0 Å². The minimum atomic E-state index is -4.76. The van der Waals surface area contributed by atoms with Crippen LogP contribution in [-0.2, 0) is 16.4 Å². The Bertz CT molecular complexity index is 486. The highest BCUT2D eigenvalue weighted by molar-refractivity contribution is 8.11. The van der Waals surface area contributed by atoms with Crippen molar-refractivity contribution in [2.45, 2.75) is 10.3 Å². The highest BCUT2D eigenvalue weighted by Gasteiger charge is 2.41. The van der Waals surface area contributed by atoms with Crippen molar-refractivity contribution in [1.82, 2.24) is 0 Å². The lowest BCUT2D eigenvalue weighted by molar-refractivity contribution is 0.322. The van der Waals surface area contributed by atoms with Gasteiger partial charge in [0, 0.05) is 10.6 Å². The van der Waals surface area contributed by atoms with Crippen LogP contribution >= 0.6 is 25.8 Å². The summed E-state index contributed by atoms with van der Waals surface area (Å²) in [5, 5.41) is 6.91. The van der Waals surface area contributed by atoms with E-state index in [1.807, 2.05) is 0 Å². The van der Waals surface area contributed by atoms with Crippen molar-refractivity contribution in [3.8, 4) is 0 Å². The fourth-order valence-corrected chi connectivity index (χ4v) is 6.30. The van der Waals surface area contributed by atoms with Crippen molar-refractivity contribution in [2.24, 2.45) is 0 Å². The van der Waals surface area contributed by atoms with Gasteiger partial charge >= 0.3 is 7.60 Å². The first-order valence-electron chi connectivity index (χ1n) is 5.10. The Labute approximate surface area is 119 Å². The van der Waals surface area contributed by atoms with E-state index in [0.717, 1.165) is 4.90 Å². The largest absolute Gasteiger partial charge is 0.396 e. The van der Waals surface area contributed by atoms with Crippen molar-refractivity contribution < 1.29 is 29.2 Å². The van der Waals surface area contributed by atoms with Crippen LogP contribution in [0.1, 0.15) is 11.0 Å². The van der Waals surface area contributed by atoms with Gasteiger partial charge in [0.05, 0.1) is 6.61 Å². The van der Waals surface area contributed by atoms with Crippen LogP contribution in [-0.4, -0.2) is 37.0 Å². The number of benzene rings is 1. The molecule has 10 heteroatoms. The summed E-state index contributed by atoms with van der Waals surface area (Å²) in [5.41, 5.74) is 0.0926. The quantitative estimate of drug-likeness (QED) is 0.386. The Kier molecular flexibility index (Phi) is 6.20. The van der Waals surface area contributed by atoms with E-state index < -0.39 is 19.5 Å². The second kappa shape index (κ2) is 6.80. The highest BCUT2D eigenvalue weighted by Crippen LogP contribution is 2.69. The molecular weight excluding hydrogens is 330 g/mol. The average molecular weight is 344 g/mol. The third-order valence-corrected chi connectivity index (χ3v) is 8.01. The van der Waals surface area contributed by atoms with Gasteiger partial charge in [0.1, 0.15) is 0 Å². The molecule has 108 valence electrons. The predicted octanol–water partition coefficient (Wildman–Crippen LogP) is 1.24. The van der Waals surface area contributed by atoms with Gasteiger partial charge in [-0.15, -0.1) is 11.8 Å². The van der Waals surface area contributed by atoms with E-state index in [0.29, 0.717) is 5.75 Å². The second-order valence-corrected chi connectivity index (χ2v) is 10.3. The van der Waals surface area contributed by atoms with Crippen molar-refractivity contribution in [3.63, 3.8) is 0 Å².